The van der Waals surface area contributed by atoms with E-state index in [9.17, 15) is 22.4 Å². The first-order valence-electron chi connectivity index (χ1n) is 6.55. The average Bonchev–Trinajstić information content (AvgIpc) is 2.52. The molecule has 6 heteroatoms. The Hall–Kier alpha value is -2.63. The Kier molecular flexibility index (Phi) is 4.83. The Morgan fingerprint density at radius 3 is 2.48 bits per heavy atom. The number of benzene rings is 2. The molecule has 120 valence electrons. The zero-order valence-electron chi connectivity index (χ0n) is 12.0. The molecule has 2 nitrogen and oxygen atoms in total. The molecule has 0 aliphatic carbocycles. The van der Waals surface area contributed by atoms with Gasteiger partial charge in [-0.1, -0.05) is 24.3 Å². The van der Waals surface area contributed by atoms with Crippen LogP contribution >= 0.6 is 0 Å². The van der Waals surface area contributed by atoms with Gasteiger partial charge in [0.1, 0.15) is 11.6 Å². The van der Waals surface area contributed by atoms with E-state index < -0.39 is 23.3 Å². The lowest BCUT2D eigenvalue weighted by Gasteiger charge is -2.08. The SMILES string of the molecule is COc1ccccc1C(=O)/C=C/c1ccc(F)c(C(F)(F)F)c1. The van der Waals surface area contributed by atoms with Gasteiger partial charge in [-0.25, -0.2) is 4.39 Å². The molecule has 0 heterocycles. The number of carbonyl (C=O) groups excluding carboxylic acids is 1. The number of rotatable bonds is 4. The maximum atomic E-state index is 13.2. The van der Waals surface area contributed by atoms with Crippen molar-refractivity contribution in [1.82, 2.24) is 0 Å². The lowest BCUT2D eigenvalue weighted by molar-refractivity contribution is -0.140. The van der Waals surface area contributed by atoms with Crippen LogP contribution in [-0.4, -0.2) is 12.9 Å². The molecule has 0 amide bonds. The highest BCUT2D eigenvalue weighted by molar-refractivity contribution is 6.08. The summed E-state index contributed by atoms with van der Waals surface area (Å²) in [6.07, 6.45) is -2.48. The largest absolute Gasteiger partial charge is 0.496 e. The third-order valence-electron chi connectivity index (χ3n) is 3.10. The van der Waals surface area contributed by atoms with Gasteiger partial charge in [0.2, 0.25) is 0 Å². The number of hydrogen-bond acceptors (Lipinski definition) is 2. The second-order valence-electron chi connectivity index (χ2n) is 4.63. The number of carbonyl (C=O) groups is 1. The molecule has 0 N–H and O–H groups in total. The fraction of sp³-hybridized carbons (Fsp3) is 0.118. The number of halogens is 4. The van der Waals surface area contributed by atoms with Gasteiger partial charge in [-0.05, 0) is 35.9 Å². The van der Waals surface area contributed by atoms with E-state index >= 15 is 0 Å². The summed E-state index contributed by atoms with van der Waals surface area (Å²) in [7, 11) is 1.41. The molecule has 0 saturated heterocycles. The second kappa shape index (κ2) is 6.64. The fourth-order valence-electron chi connectivity index (χ4n) is 1.97. The normalized spacial score (nSPS) is 11.7. The molecule has 0 fully saturated rings. The molecule has 0 atom stereocenters. The Balaban J connectivity index is 2.28. The molecule has 0 aliphatic heterocycles. The summed E-state index contributed by atoms with van der Waals surface area (Å²) in [5, 5.41) is 0. The summed E-state index contributed by atoms with van der Waals surface area (Å²) in [4.78, 5) is 12.1. The van der Waals surface area contributed by atoms with Crippen molar-refractivity contribution in [2.45, 2.75) is 6.18 Å². The minimum absolute atomic E-state index is 0.0713. The Morgan fingerprint density at radius 2 is 1.83 bits per heavy atom. The molecular weight excluding hydrogens is 312 g/mol. The van der Waals surface area contributed by atoms with Crippen molar-refractivity contribution >= 4 is 11.9 Å². The molecule has 0 spiro atoms. The van der Waals surface area contributed by atoms with E-state index in [-0.39, 0.29) is 11.1 Å². The van der Waals surface area contributed by atoms with Crippen molar-refractivity contribution in [3.63, 3.8) is 0 Å². The fourth-order valence-corrected chi connectivity index (χ4v) is 1.97. The van der Waals surface area contributed by atoms with Crippen molar-refractivity contribution in [3.8, 4) is 5.75 Å². The number of methoxy groups -OCH3 is 1. The van der Waals surface area contributed by atoms with Crippen molar-refractivity contribution in [2.75, 3.05) is 7.11 Å². The highest BCUT2D eigenvalue weighted by atomic mass is 19.4. The van der Waals surface area contributed by atoms with Crippen LogP contribution in [0.25, 0.3) is 6.08 Å². The molecule has 0 radical (unpaired) electrons. The number of ether oxygens (including phenoxy) is 1. The minimum atomic E-state index is -4.79. The van der Waals surface area contributed by atoms with E-state index in [1.807, 2.05) is 0 Å². The Labute approximate surface area is 130 Å². The predicted octanol–water partition coefficient (Wildman–Crippen LogP) is 4.75. The van der Waals surface area contributed by atoms with Crippen LogP contribution in [0.1, 0.15) is 21.5 Å². The summed E-state index contributed by atoms with van der Waals surface area (Å²) >= 11 is 0. The van der Waals surface area contributed by atoms with Gasteiger partial charge in [0.25, 0.3) is 0 Å². The van der Waals surface area contributed by atoms with E-state index in [1.165, 1.54) is 19.3 Å². The molecule has 2 aromatic rings. The van der Waals surface area contributed by atoms with Crippen LogP contribution in [0.5, 0.6) is 5.75 Å². The zero-order chi connectivity index (χ0) is 17.0. The minimum Gasteiger partial charge on any atom is -0.496 e. The maximum Gasteiger partial charge on any atom is 0.419 e. The average molecular weight is 324 g/mol. The first kappa shape index (κ1) is 16.7. The lowest BCUT2D eigenvalue weighted by atomic mass is 10.1. The molecule has 0 unspecified atom stereocenters. The third-order valence-corrected chi connectivity index (χ3v) is 3.10. The van der Waals surface area contributed by atoms with Crippen LogP contribution in [0.2, 0.25) is 0 Å². The molecule has 2 aromatic carbocycles. The highest BCUT2D eigenvalue weighted by Crippen LogP contribution is 2.32. The van der Waals surface area contributed by atoms with Crippen LogP contribution < -0.4 is 4.74 Å². The topological polar surface area (TPSA) is 26.3 Å². The highest BCUT2D eigenvalue weighted by Gasteiger charge is 2.33. The molecule has 23 heavy (non-hydrogen) atoms. The number of para-hydroxylation sites is 1. The smallest absolute Gasteiger partial charge is 0.419 e. The summed E-state index contributed by atoms with van der Waals surface area (Å²) in [6.45, 7) is 0. The summed E-state index contributed by atoms with van der Waals surface area (Å²) in [5.41, 5.74) is -1.02. The molecule has 0 saturated carbocycles. The van der Waals surface area contributed by atoms with Gasteiger partial charge in [-0.2, -0.15) is 13.2 Å². The van der Waals surface area contributed by atoms with Gasteiger partial charge in [-0.3, -0.25) is 4.79 Å². The maximum absolute atomic E-state index is 13.2. The predicted molar refractivity (Wildman–Crippen MR) is 77.8 cm³/mol. The van der Waals surface area contributed by atoms with Crippen molar-refractivity contribution in [2.24, 2.45) is 0 Å². The van der Waals surface area contributed by atoms with Gasteiger partial charge < -0.3 is 4.74 Å². The quantitative estimate of drug-likeness (QED) is 0.461. The molecule has 2 rings (SSSR count). The van der Waals surface area contributed by atoms with E-state index in [0.29, 0.717) is 11.8 Å². The lowest BCUT2D eigenvalue weighted by Crippen LogP contribution is -2.08. The van der Waals surface area contributed by atoms with Crippen molar-refractivity contribution in [1.29, 1.82) is 0 Å². The third kappa shape index (κ3) is 3.97. The van der Waals surface area contributed by atoms with Crippen LogP contribution in [0.15, 0.2) is 48.5 Å². The van der Waals surface area contributed by atoms with Crippen LogP contribution in [0.3, 0.4) is 0 Å². The Morgan fingerprint density at radius 1 is 1.13 bits per heavy atom. The number of ketones is 1. The van der Waals surface area contributed by atoms with Gasteiger partial charge in [-0.15, -0.1) is 0 Å². The molecular formula is C17H12F4O2. The van der Waals surface area contributed by atoms with E-state index in [1.54, 1.807) is 18.2 Å². The standard InChI is InChI=1S/C17H12F4O2/c1-23-16-5-3-2-4-12(16)15(22)9-7-11-6-8-14(18)13(10-11)17(19,20)21/h2-10H,1H3/b9-7+. The number of hydrogen-bond donors (Lipinski definition) is 0. The summed E-state index contributed by atoms with van der Waals surface area (Å²) in [6, 6.07) is 9.00. The van der Waals surface area contributed by atoms with Crippen LogP contribution in [-0.2, 0) is 6.18 Å². The van der Waals surface area contributed by atoms with Crippen LogP contribution in [0.4, 0.5) is 17.6 Å². The zero-order valence-corrected chi connectivity index (χ0v) is 12.0. The van der Waals surface area contributed by atoms with Gasteiger partial charge in [0.05, 0.1) is 18.2 Å². The van der Waals surface area contributed by atoms with Crippen LogP contribution in [0, 0.1) is 5.82 Å². The van der Waals surface area contributed by atoms with E-state index in [4.69, 9.17) is 4.74 Å². The first-order valence-corrected chi connectivity index (χ1v) is 6.55. The van der Waals surface area contributed by atoms with Crippen molar-refractivity contribution < 1.29 is 27.1 Å². The van der Waals surface area contributed by atoms with Gasteiger partial charge in [0.15, 0.2) is 5.78 Å². The second-order valence-corrected chi connectivity index (χ2v) is 4.63. The number of allylic oxidation sites excluding steroid dienone is 1. The van der Waals surface area contributed by atoms with Crippen molar-refractivity contribution in [3.05, 3.63) is 71.0 Å². The first-order chi connectivity index (χ1) is 10.8. The summed E-state index contributed by atoms with van der Waals surface area (Å²) < 4.78 is 56.2. The molecule has 0 bridgehead atoms. The Bertz CT molecular complexity index is 748. The molecule has 0 aliphatic rings. The molecule has 0 aromatic heterocycles. The van der Waals surface area contributed by atoms with E-state index in [2.05, 4.69) is 0 Å². The monoisotopic (exact) mass is 324 g/mol. The summed E-state index contributed by atoms with van der Waals surface area (Å²) in [5.74, 6) is -1.43. The number of alkyl halides is 3. The van der Waals surface area contributed by atoms with Gasteiger partial charge in [0, 0.05) is 0 Å². The van der Waals surface area contributed by atoms with E-state index in [0.717, 1.165) is 18.2 Å². The van der Waals surface area contributed by atoms with Gasteiger partial charge >= 0.3 is 6.18 Å².